The largest absolute Gasteiger partial charge is 0.507 e. The van der Waals surface area contributed by atoms with Crippen LogP contribution in [0.3, 0.4) is 0 Å². The average molecular weight is 507 g/mol. The predicted molar refractivity (Wildman–Crippen MR) is 149 cm³/mol. The third-order valence-corrected chi connectivity index (χ3v) is 8.54. The van der Waals surface area contributed by atoms with E-state index in [1.54, 1.807) is 0 Å². The number of benzene rings is 2. The Bertz CT molecular complexity index is 1340. The highest BCUT2D eigenvalue weighted by Gasteiger charge is 2.42. The van der Waals surface area contributed by atoms with Crippen molar-refractivity contribution < 1.29 is 14.7 Å². The van der Waals surface area contributed by atoms with Crippen LogP contribution in [0.4, 0.5) is 0 Å². The molecule has 36 heavy (non-hydrogen) atoms. The van der Waals surface area contributed by atoms with Gasteiger partial charge in [0.1, 0.15) is 10.8 Å². The Morgan fingerprint density at radius 2 is 1.19 bits per heavy atom. The maximum Gasteiger partial charge on any atom is 0.205 e. The van der Waals surface area contributed by atoms with Gasteiger partial charge in [0, 0.05) is 22.3 Å². The van der Waals surface area contributed by atoms with Crippen LogP contribution in [0, 0.1) is 0 Å². The van der Waals surface area contributed by atoms with E-state index in [2.05, 4.69) is 48.5 Å². The Balaban J connectivity index is 2.02. The van der Waals surface area contributed by atoms with Crippen molar-refractivity contribution in [2.24, 2.45) is 0 Å². The zero-order valence-electron chi connectivity index (χ0n) is 23.4. The number of rotatable bonds is 1. The topological polar surface area (TPSA) is 54.4 Å². The molecule has 0 radical (unpaired) electrons. The number of carbonyl (C=O) groups is 2. The van der Waals surface area contributed by atoms with E-state index in [1.807, 2.05) is 45.0 Å². The highest BCUT2D eigenvalue weighted by Crippen LogP contribution is 2.49. The van der Waals surface area contributed by atoms with Crippen molar-refractivity contribution in [1.29, 1.82) is 0 Å². The van der Waals surface area contributed by atoms with E-state index in [9.17, 15) is 14.7 Å². The number of hydrogen-bond donors (Lipinski definition) is 1. The number of halogens is 1. The molecule has 4 heteroatoms. The minimum atomic E-state index is -0.374. The lowest BCUT2D eigenvalue weighted by Gasteiger charge is -2.42. The molecule has 1 N–H and O–H groups in total. The molecule has 0 spiro atoms. The molecule has 0 bridgehead atoms. The second kappa shape index (κ2) is 8.05. The van der Waals surface area contributed by atoms with Crippen LogP contribution >= 0.6 is 11.6 Å². The molecule has 0 fully saturated rings. The maximum atomic E-state index is 14.1. The molecule has 0 unspecified atom stereocenters. The average Bonchev–Trinajstić information content (AvgIpc) is 2.74. The summed E-state index contributed by atoms with van der Waals surface area (Å²) in [6.45, 7) is 21.1. The molecule has 0 aliphatic heterocycles. The first-order valence-electron chi connectivity index (χ1n) is 12.8. The molecule has 0 heterocycles. The molecule has 0 saturated carbocycles. The summed E-state index contributed by atoms with van der Waals surface area (Å²) >= 11 is 6.70. The van der Waals surface area contributed by atoms with Gasteiger partial charge in [-0.15, -0.1) is 0 Å². The summed E-state index contributed by atoms with van der Waals surface area (Å²) in [5.41, 5.74) is 4.27. The van der Waals surface area contributed by atoms with Crippen LogP contribution in [0.2, 0.25) is 0 Å². The second-order valence-electron chi connectivity index (χ2n) is 14.0. The molecule has 2 aliphatic rings. The quantitative estimate of drug-likeness (QED) is 0.422. The van der Waals surface area contributed by atoms with E-state index in [0.717, 1.165) is 35.1 Å². The van der Waals surface area contributed by atoms with E-state index in [-0.39, 0.29) is 49.6 Å². The second-order valence-corrected chi connectivity index (χ2v) is 14.4. The zero-order valence-corrected chi connectivity index (χ0v) is 24.1. The van der Waals surface area contributed by atoms with Crippen molar-refractivity contribution in [3.8, 4) is 5.75 Å². The number of hydrogen-bond acceptors (Lipinski definition) is 3. The molecule has 2 aliphatic carbocycles. The third-order valence-electron chi connectivity index (χ3n) is 8.18. The lowest BCUT2D eigenvalue weighted by Crippen LogP contribution is -2.35. The fourth-order valence-electron chi connectivity index (χ4n) is 5.53. The first-order valence-corrected chi connectivity index (χ1v) is 13.2. The SMILES string of the molecule is CC(C)(C)c1cc(C2=C(Cl)C(=O)c3cc4c(cc3C2=O)C(C)(C)CCC4(C)C)c(O)c(C(C)(C)C)c1. The number of allylic oxidation sites excluding steroid dienone is 2. The van der Waals surface area contributed by atoms with Gasteiger partial charge in [-0.3, -0.25) is 9.59 Å². The van der Waals surface area contributed by atoms with Crippen LogP contribution in [-0.4, -0.2) is 16.7 Å². The normalized spacial score (nSPS) is 19.3. The van der Waals surface area contributed by atoms with Gasteiger partial charge in [0.05, 0.1) is 5.57 Å². The molecule has 0 amide bonds. The van der Waals surface area contributed by atoms with Gasteiger partial charge in [0.2, 0.25) is 5.78 Å². The van der Waals surface area contributed by atoms with Gasteiger partial charge in [-0.25, -0.2) is 0 Å². The van der Waals surface area contributed by atoms with Gasteiger partial charge in [-0.1, -0.05) is 86.9 Å². The number of ketones is 2. The molecule has 3 nitrogen and oxygen atoms in total. The number of phenols is 1. The highest BCUT2D eigenvalue weighted by molar-refractivity contribution is 6.57. The van der Waals surface area contributed by atoms with Gasteiger partial charge in [-0.05, 0) is 69.4 Å². The number of phenolic OH excluding ortho intramolecular Hbond substituents is 1. The first-order chi connectivity index (χ1) is 16.3. The Morgan fingerprint density at radius 1 is 0.722 bits per heavy atom. The van der Waals surface area contributed by atoms with Crippen molar-refractivity contribution >= 4 is 28.7 Å². The zero-order chi connectivity index (χ0) is 27.2. The minimum Gasteiger partial charge on any atom is -0.507 e. The Labute approximate surface area is 221 Å². The standard InChI is InChI=1S/C32H39ClO3/c1-29(2,3)17-13-20(26(34)23(14-17)30(4,5)6)24-25(33)28(36)19-16-22-21(15-18(19)27(24)35)31(7,8)11-12-32(22,9)10/h13-16,34H,11-12H2,1-10H3. The monoisotopic (exact) mass is 506 g/mol. The van der Waals surface area contributed by atoms with E-state index in [0.29, 0.717) is 16.7 Å². The van der Waals surface area contributed by atoms with Crippen LogP contribution in [0.1, 0.15) is 131 Å². The summed E-state index contributed by atoms with van der Waals surface area (Å²) in [6, 6.07) is 7.64. The van der Waals surface area contributed by atoms with Crippen LogP contribution in [0.5, 0.6) is 5.75 Å². The fourth-order valence-corrected chi connectivity index (χ4v) is 5.82. The molecule has 2 aromatic rings. The summed E-state index contributed by atoms with van der Waals surface area (Å²) in [4.78, 5) is 27.8. The Morgan fingerprint density at radius 3 is 1.64 bits per heavy atom. The van der Waals surface area contributed by atoms with Gasteiger partial charge < -0.3 is 5.11 Å². The highest BCUT2D eigenvalue weighted by atomic mass is 35.5. The van der Waals surface area contributed by atoms with Crippen molar-refractivity contribution in [2.75, 3.05) is 0 Å². The molecule has 0 saturated heterocycles. The molecule has 2 aromatic carbocycles. The van der Waals surface area contributed by atoms with Crippen LogP contribution in [0.15, 0.2) is 29.3 Å². The molecule has 4 rings (SSSR count). The predicted octanol–water partition coefficient (Wildman–Crippen LogP) is 8.37. The number of aromatic hydroxyl groups is 1. The van der Waals surface area contributed by atoms with Gasteiger partial charge in [0.25, 0.3) is 0 Å². The van der Waals surface area contributed by atoms with Gasteiger partial charge in [-0.2, -0.15) is 0 Å². The van der Waals surface area contributed by atoms with Crippen LogP contribution in [-0.2, 0) is 21.7 Å². The summed E-state index contributed by atoms with van der Waals surface area (Å²) in [5, 5.41) is 11.3. The smallest absolute Gasteiger partial charge is 0.205 e. The summed E-state index contributed by atoms with van der Waals surface area (Å²) < 4.78 is 0. The first kappa shape index (κ1) is 26.7. The fraction of sp³-hybridized carbons (Fsp3) is 0.500. The molecular weight excluding hydrogens is 468 g/mol. The van der Waals surface area contributed by atoms with Gasteiger partial charge in [0.15, 0.2) is 5.78 Å². The number of carbonyl (C=O) groups excluding carboxylic acids is 2. The molecule has 0 aromatic heterocycles. The Kier molecular flexibility index (Phi) is 5.97. The minimum absolute atomic E-state index is 0.00710. The lowest BCUT2D eigenvalue weighted by atomic mass is 9.62. The number of fused-ring (bicyclic) bond motifs is 2. The van der Waals surface area contributed by atoms with Crippen molar-refractivity contribution in [2.45, 2.75) is 104 Å². The summed E-state index contributed by atoms with van der Waals surface area (Å²) in [5.74, 6) is -0.661. The Hall–Kier alpha value is -2.39. The molecule has 0 atom stereocenters. The summed E-state index contributed by atoms with van der Waals surface area (Å²) in [7, 11) is 0. The van der Waals surface area contributed by atoms with Crippen molar-refractivity contribution in [3.05, 3.63) is 68.2 Å². The van der Waals surface area contributed by atoms with Crippen LogP contribution in [0.25, 0.3) is 5.57 Å². The molecule has 192 valence electrons. The van der Waals surface area contributed by atoms with E-state index >= 15 is 0 Å². The van der Waals surface area contributed by atoms with E-state index in [1.165, 1.54) is 0 Å². The summed E-state index contributed by atoms with van der Waals surface area (Å²) in [6.07, 6.45) is 2.01. The maximum absolute atomic E-state index is 14.1. The van der Waals surface area contributed by atoms with Gasteiger partial charge >= 0.3 is 0 Å². The molecular formula is C32H39ClO3. The third kappa shape index (κ3) is 4.14. The number of Topliss-reactive ketones (excluding diaryl/α,β-unsaturated/α-hetero) is 2. The van der Waals surface area contributed by atoms with E-state index in [4.69, 9.17) is 11.6 Å². The van der Waals surface area contributed by atoms with Crippen molar-refractivity contribution in [1.82, 2.24) is 0 Å². The van der Waals surface area contributed by atoms with Crippen LogP contribution < -0.4 is 0 Å². The van der Waals surface area contributed by atoms with Crippen molar-refractivity contribution in [3.63, 3.8) is 0 Å². The van der Waals surface area contributed by atoms with E-state index < -0.39 is 0 Å². The lowest BCUT2D eigenvalue weighted by molar-refractivity contribution is 0.0997.